The van der Waals surface area contributed by atoms with Crippen LogP contribution in [-0.2, 0) is 4.79 Å². The van der Waals surface area contributed by atoms with Crippen molar-refractivity contribution in [3.8, 4) is 0 Å². The lowest BCUT2D eigenvalue weighted by molar-refractivity contribution is -0.137. The standard InChI is InChI=1S/C16H25N3O3/c1-4-11(2)19-15(12-7-8-12)13(10-17-19)16(22)18(3)9-5-6-14(20)21/h10-12H,4-9H2,1-3H3,(H,20,21). The number of aliphatic carboxylic acids is 1. The van der Waals surface area contributed by atoms with Crippen molar-refractivity contribution in [3.63, 3.8) is 0 Å². The first-order valence-electron chi connectivity index (χ1n) is 8.00. The van der Waals surface area contributed by atoms with E-state index in [-0.39, 0.29) is 18.4 Å². The van der Waals surface area contributed by atoms with Gasteiger partial charge in [-0.05, 0) is 32.6 Å². The van der Waals surface area contributed by atoms with Crippen molar-refractivity contribution in [3.05, 3.63) is 17.5 Å². The molecule has 0 aliphatic heterocycles. The Labute approximate surface area is 131 Å². The number of aromatic nitrogens is 2. The quantitative estimate of drug-likeness (QED) is 0.801. The molecule has 1 aromatic heterocycles. The summed E-state index contributed by atoms with van der Waals surface area (Å²) >= 11 is 0. The third-order valence-corrected chi connectivity index (χ3v) is 4.27. The van der Waals surface area contributed by atoms with Gasteiger partial charge in [-0.3, -0.25) is 14.3 Å². The molecule has 1 fully saturated rings. The Bertz CT molecular complexity index is 549. The minimum absolute atomic E-state index is 0.0539. The Hall–Kier alpha value is -1.85. The smallest absolute Gasteiger partial charge is 0.303 e. The SMILES string of the molecule is CCC(C)n1ncc(C(=O)N(C)CCCC(=O)O)c1C1CC1. The summed E-state index contributed by atoms with van der Waals surface area (Å²) in [5.74, 6) is -0.436. The number of rotatable bonds is 8. The molecule has 1 atom stereocenters. The number of hydrogen-bond acceptors (Lipinski definition) is 3. The maximum Gasteiger partial charge on any atom is 0.303 e. The zero-order valence-electron chi connectivity index (χ0n) is 13.6. The van der Waals surface area contributed by atoms with Crippen LogP contribution in [0.25, 0.3) is 0 Å². The lowest BCUT2D eigenvalue weighted by Crippen LogP contribution is -2.29. The molecular weight excluding hydrogens is 282 g/mol. The van der Waals surface area contributed by atoms with Crippen molar-refractivity contribution in [1.82, 2.24) is 14.7 Å². The summed E-state index contributed by atoms with van der Waals surface area (Å²) in [5, 5.41) is 13.1. The van der Waals surface area contributed by atoms with E-state index in [1.165, 1.54) is 0 Å². The van der Waals surface area contributed by atoms with Gasteiger partial charge in [0, 0.05) is 32.0 Å². The van der Waals surface area contributed by atoms with Crippen LogP contribution in [0.5, 0.6) is 0 Å². The van der Waals surface area contributed by atoms with E-state index in [1.807, 2.05) is 4.68 Å². The second-order valence-electron chi connectivity index (χ2n) is 6.14. The molecule has 0 aromatic carbocycles. The van der Waals surface area contributed by atoms with Gasteiger partial charge in [0.25, 0.3) is 5.91 Å². The predicted molar refractivity (Wildman–Crippen MR) is 83.0 cm³/mol. The van der Waals surface area contributed by atoms with Crippen LogP contribution in [-0.4, -0.2) is 45.3 Å². The Morgan fingerprint density at radius 2 is 2.18 bits per heavy atom. The van der Waals surface area contributed by atoms with Gasteiger partial charge in [-0.2, -0.15) is 5.10 Å². The second kappa shape index (κ2) is 6.94. The fraction of sp³-hybridized carbons (Fsp3) is 0.688. The Morgan fingerprint density at radius 3 is 2.73 bits per heavy atom. The summed E-state index contributed by atoms with van der Waals surface area (Å²) in [4.78, 5) is 24.8. The Kier molecular flexibility index (Phi) is 5.21. The van der Waals surface area contributed by atoms with Crippen LogP contribution < -0.4 is 0 Å². The summed E-state index contributed by atoms with van der Waals surface area (Å²) in [5.41, 5.74) is 1.74. The molecule has 0 bridgehead atoms. The number of nitrogens with zero attached hydrogens (tertiary/aromatic N) is 3. The minimum atomic E-state index is -0.830. The zero-order chi connectivity index (χ0) is 16.3. The van der Waals surface area contributed by atoms with Crippen molar-refractivity contribution in [2.45, 2.75) is 57.9 Å². The van der Waals surface area contributed by atoms with E-state index in [4.69, 9.17) is 5.11 Å². The molecule has 1 aromatic rings. The Balaban J connectivity index is 2.12. The highest BCUT2D eigenvalue weighted by molar-refractivity contribution is 5.95. The van der Waals surface area contributed by atoms with Gasteiger partial charge in [0.1, 0.15) is 0 Å². The van der Waals surface area contributed by atoms with Gasteiger partial charge in [-0.15, -0.1) is 0 Å². The first-order valence-corrected chi connectivity index (χ1v) is 8.00. The van der Waals surface area contributed by atoms with E-state index in [1.54, 1.807) is 18.1 Å². The molecule has 6 nitrogen and oxygen atoms in total. The number of amides is 1. The maximum atomic E-state index is 12.6. The number of carboxylic acids is 1. The van der Waals surface area contributed by atoms with Crippen molar-refractivity contribution in [1.29, 1.82) is 0 Å². The van der Waals surface area contributed by atoms with Gasteiger partial charge >= 0.3 is 5.97 Å². The molecule has 1 heterocycles. The molecule has 0 radical (unpaired) electrons. The van der Waals surface area contributed by atoms with Crippen LogP contribution in [0.3, 0.4) is 0 Å². The zero-order valence-corrected chi connectivity index (χ0v) is 13.6. The normalized spacial score (nSPS) is 15.6. The van der Waals surface area contributed by atoms with Crippen LogP contribution >= 0.6 is 0 Å². The van der Waals surface area contributed by atoms with Gasteiger partial charge < -0.3 is 10.0 Å². The largest absolute Gasteiger partial charge is 0.481 e. The fourth-order valence-corrected chi connectivity index (χ4v) is 2.60. The summed E-state index contributed by atoms with van der Waals surface area (Å²) < 4.78 is 2.00. The molecule has 1 aliphatic rings. The number of hydrogen-bond donors (Lipinski definition) is 1. The number of carbonyl (C=O) groups excluding carboxylic acids is 1. The molecule has 1 saturated carbocycles. The molecule has 22 heavy (non-hydrogen) atoms. The molecule has 1 aliphatic carbocycles. The van der Waals surface area contributed by atoms with Gasteiger partial charge in [-0.25, -0.2) is 0 Å². The maximum absolute atomic E-state index is 12.6. The van der Waals surface area contributed by atoms with Gasteiger partial charge in [0.05, 0.1) is 17.5 Å². The highest BCUT2D eigenvalue weighted by atomic mass is 16.4. The van der Waals surface area contributed by atoms with Gasteiger partial charge in [0.15, 0.2) is 0 Å². The third kappa shape index (κ3) is 3.67. The monoisotopic (exact) mass is 307 g/mol. The van der Waals surface area contributed by atoms with E-state index >= 15 is 0 Å². The fourth-order valence-electron chi connectivity index (χ4n) is 2.60. The topological polar surface area (TPSA) is 75.4 Å². The molecule has 0 spiro atoms. The summed E-state index contributed by atoms with van der Waals surface area (Å²) in [7, 11) is 1.72. The van der Waals surface area contributed by atoms with E-state index in [0.29, 0.717) is 24.4 Å². The molecular formula is C16H25N3O3. The van der Waals surface area contributed by atoms with Crippen molar-refractivity contribution < 1.29 is 14.7 Å². The summed E-state index contributed by atoms with van der Waals surface area (Å²) in [6, 6.07) is 0.287. The average molecular weight is 307 g/mol. The Morgan fingerprint density at radius 1 is 1.50 bits per heavy atom. The summed E-state index contributed by atoms with van der Waals surface area (Å²) in [6.07, 6.45) is 5.44. The highest BCUT2D eigenvalue weighted by Crippen LogP contribution is 2.42. The first kappa shape index (κ1) is 16.5. The van der Waals surface area contributed by atoms with E-state index in [0.717, 1.165) is 25.0 Å². The summed E-state index contributed by atoms with van der Waals surface area (Å²) in [6.45, 7) is 4.68. The lowest BCUT2D eigenvalue weighted by atomic mass is 10.1. The average Bonchev–Trinajstić information content (AvgIpc) is 3.23. The van der Waals surface area contributed by atoms with Gasteiger partial charge in [-0.1, -0.05) is 6.92 Å². The number of carbonyl (C=O) groups is 2. The van der Waals surface area contributed by atoms with E-state index < -0.39 is 5.97 Å². The predicted octanol–water partition coefficient (Wildman–Crippen LogP) is 2.67. The van der Waals surface area contributed by atoms with Crippen LogP contribution in [0.4, 0.5) is 0 Å². The van der Waals surface area contributed by atoms with E-state index in [9.17, 15) is 9.59 Å². The molecule has 122 valence electrons. The van der Waals surface area contributed by atoms with Crippen molar-refractivity contribution in [2.24, 2.45) is 0 Å². The minimum Gasteiger partial charge on any atom is -0.481 e. The van der Waals surface area contributed by atoms with Crippen molar-refractivity contribution >= 4 is 11.9 Å². The van der Waals surface area contributed by atoms with Crippen molar-refractivity contribution in [2.75, 3.05) is 13.6 Å². The first-order chi connectivity index (χ1) is 10.5. The molecule has 1 unspecified atom stereocenters. The molecule has 1 amide bonds. The van der Waals surface area contributed by atoms with Crippen LogP contribution in [0, 0.1) is 0 Å². The van der Waals surface area contributed by atoms with Crippen LogP contribution in [0.2, 0.25) is 0 Å². The molecule has 0 saturated heterocycles. The second-order valence-corrected chi connectivity index (χ2v) is 6.14. The van der Waals surface area contributed by atoms with E-state index in [2.05, 4.69) is 18.9 Å². The molecule has 2 rings (SSSR count). The highest BCUT2D eigenvalue weighted by Gasteiger charge is 2.34. The van der Waals surface area contributed by atoms with Crippen LogP contribution in [0.15, 0.2) is 6.20 Å². The molecule has 6 heteroatoms. The van der Waals surface area contributed by atoms with Crippen LogP contribution in [0.1, 0.15) is 74.0 Å². The molecule has 1 N–H and O–H groups in total. The number of carboxylic acid groups (broad SMARTS) is 1. The lowest BCUT2D eigenvalue weighted by Gasteiger charge is -2.18. The third-order valence-electron chi connectivity index (χ3n) is 4.27. The van der Waals surface area contributed by atoms with Gasteiger partial charge in [0.2, 0.25) is 0 Å².